The van der Waals surface area contributed by atoms with Gasteiger partial charge in [0.15, 0.2) is 0 Å². The summed E-state index contributed by atoms with van der Waals surface area (Å²) in [6.07, 6.45) is 3.00. The summed E-state index contributed by atoms with van der Waals surface area (Å²) in [5, 5.41) is 23.0. The van der Waals surface area contributed by atoms with Gasteiger partial charge < -0.3 is 25.0 Å². The maximum absolute atomic E-state index is 13.4. The largest absolute Gasteiger partial charge is 0.508 e. The monoisotopic (exact) mass is 460 g/mol. The van der Waals surface area contributed by atoms with Gasteiger partial charge in [0.25, 0.3) is 0 Å². The fourth-order valence-electron chi connectivity index (χ4n) is 4.59. The molecule has 1 aliphatic heterocycles. The first-order valence-electron chi connectivity index (χ1n) is 11.7. The maximum atomic E-state index is 13.4. The zero-order valence-corrected chi connectivity index (χ0v) is 19.0. The van der Waals surface area contributed by atoms with Crippen LogP contribution in [0.25, 0.3) is 11.0 Å². The van der Waals surface area contributed by atoms with Crippen molar-refractivity contribution in [3.63, 3.8) is 0 Å². The maximum Gasteiger partial charge on any atom is 0.204 e. The third-order valence-corrected chi connectivity index (χ3v) is 6.56. The third-order valence-electron chi connectivity index (χ3n) is 6.56. The number of hydrogen-bond donors (Lipinski definition) is 3. The predicted molar refractivity (Wildman–Crippen MR) is 132 cm³/mol. The van der Waals surface area contributed by atoms with Crippen molar-refractivity contribution in [2.75, 3.05) is 25.0 Å². The number of phenolic OH excluding ortho intramolecular Hbond substituents is 2. The fourth-order valence-corrected chi connectivity index (χ4v) is 4.59. The molecule has 4 aromatic rings. The van der Waals surface area contributed by atoms with Crippen molar-refractivity contribution in [3.05, 3.63) is 83.7 Å². The number of phenols is 2. The summed E-state index contributed by atoms with van der Waals surface area (Å²) in [4.78, 5) is 7.24. The summed E-state index contributed by atoms with van der Waals surface area (Å²) in [5.41, 5.74) is 3.88. The zero-order chi connectivity index (χ0) is 23.5. The molecule has 1 aliphatic rings. The number of imidazole rings is 1. The van der Waals surface area contributed by atoms with E-state index in [9.17, 15) is 14.6 Å². The van der Waals surface area contributed by atoms with Gasteiger partial charge in [-0.15, -0.1) is 0 Å². The van der Waals surface area contributed by atoms with E-state index in [1.165, 1.54) is 17.7 Å². The second-order valence-corrected chi connectivity index (χ2v) is 9.00. The lowest BCUT2D eigenvalue weighted by atomic mass is 10.0. The Bertz CT molecular complexity index is 1250. The van der Waals surface area contributed by atoms with Gasteiger partial charge in [-0.05, 0) is 66.8 Å². The van der Waals surface area contributed by atoms with Crippen LogP contribution in [-0.2, 0) is 13.0 Å². The molecule has 34 heavy (non-hydrogen) atoms. The standard InChI is InChI=1S/C27H29FN4O2/c28-21-5-1-20(2-6-21)18-32-26-10-9-24(34)17-25(26)30-27(32)29-22-12-15-31(16-13-22)14-11-19-3-7-23(33)8-4-19/h1-10,17,22,33-34H,11-16,18H2,(H,29,30). The van der Waals surface area contributed by atoms with Crippen LogP contribution in [-0.4, -0.2) is 50.3 Å². The van der Waals surface area contributed by atoms with Gasteiger partial charge in [-0.2, -0.15) is 0 Å². The molecule has 0 saturated carbocycles. The Hall–Kier alpha value is -3.58. The van der Waals surface area contributed by atoms with E-state index in [1.807, 2.05) is 18.2 Å². The molecule has 1 fully saturated rings. The molecule has 0 aliphatic carbocycles. The molecule has 0 radical (unpaired) electrons. The Morgan fingerprint density at radius 2 is 1.56 bits per heavy atom. The molecule has 1 aromatic heterocycles. The number of halogens is 1. The number of nitrogens with zero attached hydrogens (tertiary/aromatic N) is 3. The number of anilines is 1. The van der Waals surface area contributed by atoms with E-state index in [1.54, 1.807) is 36.4 Å². The van der Waals surface area contributed by atoms with E-state index in [0.717, 1.165) is 61.4 Å². The average molecular weight is 461 g/mol. The molecule has 2 heterocycles. The molecule has 7 heteroatoms. The van der Waals surface area contributed by atoms with Crippen LogP contribution in [0.2, 0.25) is 0 Å². The highest BCUT2D eigenvalue weighted by atomic mass is 19.1. The van der Waals surface area contributed by atoms with Crippen molar-refractivity contribution in [1.82, 2.24) is 14.5 Å². The highest BCUT2D eigenvalue weighted by Gasteiger charge is 2.21. The second-order valence-electron chi connectivity index (χ2n) is 9.00. The van der Waals surface area contributed by atoms with Crippen molar-refractivity contribution >= 4 is 17.0 Å². The summed E-state index contributed by atoms with van der Waals surface area (Å²) in [5.74, 6) is 1.01. The van der Waals surface area contributed by atoms with Crippen LogP contribution in [0.4, 0.5) is 10.3 Å². The highest BCUT2D eigenvalue weighted by Crippen LogP contribution is 2.26. The minimum Gasteiger partial charge on any atom is -0.508 e. The Balaban J connectivity index is 1.25. The van der Waals surface area contributed by atoms with Crippen molar-refractivity contribution in [2.24, 2.45) is 0 Å². The molecular weight excluding hydrogens is 431 g/mol. The van der Waals surface area contributed by atoms with Crippen molar-refractivity contribution < 1.29 is 14.6 Å². The number of nitrogens with one attached hydrogen (secondary N) is 1. The van der Waals surface area contributed by atoms with Gasteiger partial charge in [-0.25, -0.2) is 9.37 Å². The van der Waals surface area contributed by atoms with Gasteiger partial charge in [0.2, 0.25) is 5.95 Å². The predicted octanol–water partition coefficient (Wildman–Crippen LogP) is 4.75. The lowest BCUT2D eigenvalue weighted by Gasteiger charge is -2.32. The van der Waals surface area contributed by atoms with Gasteiger partial charge in [0, 0.05) is 31.7 Å². The smallest absolute Gasteiger partial charge is 0.204 e. The number of likely N-dealkylation sites (tertiary alicyclic amines) is 1. The SMILES string of the molecule is Oc1ccc(CCN2CCC(Nc3nc4cc(O)ccc4n3Cc3ccc(F)cc3)CC2)cc1. The summed E-state index contributed by atoms with van der Waals surface area (Å²) in [7, 11) is 0. The van der Waals surface area contributed by atoms with Gasteiger partial charge in [0.1, 0.15) is 17.3 Å². The fraction of sp³-hybridized carbons (Fsp3) is 0.296. The number of piperidine rings is 1. The molecule has 0 spiro atoms. The first kappa shape index (κ1) is 22.2. The summed E-state index contributed by atoms with van der Waals surface area (Å²) >= 11 is 0. The number of aromatic nitrogens is 2. The second kappa shape index (κ2) is 9.73. The van der Waals surface area contributed by atoms with Crippen LogP contribution < -0.4 is 5.32 Å². The van der Waals surface area contributed by atoms with Gasteiger partial charge >= 0.3 is 0 Å². The third kappa shape index (κ3) is 5.15. The minimum atomic E-state index is -0.250. The topological polar surface area (TPSA) is 73.6 Å². The Labute approximate surface area is 198 Å². The summed E-state index contributed by atoms with van der Waals surface area (Å²) in [6, 6.07) is 19.5. The van der Waals surface area contributed by atoms with Crippen LogP contribution in [0.3, 0.4) is 0 Å². The molecule has 3 N–H and O–H groups in total. The van der Waals surface area contributed by atoms with E-state index in [2.05, 4.69) is 14.8 Å². The van der Waals surface area contributed by atoms with Crippen LogP contribution in [0.15, 0.2) is 66.7 Å². The molecule has 5 rings (SSSR count). The Morgan fingerprint density at radius 3 is 2.29 bits per heavy atom. The molecular formula is C27H29FN4O2. The Morgan fingerprint density at radius 1 is 0.882 bits per heavy atom. The molecule has 0 bridgehead atoms. The molecule has 0 amide bonds. The van der Waals surface area contributed by atoms with Gasteiger partial charge in [0.05, 0.1) is 17.6 Å². The van der Waals surface area contributed by atoms with Crippen LogP contribution in [0.5, 0.6) is 11.5 Å². The van der Waals surface area contributed by atoms with Crippen LogP contribution >= 0.6 is 0 Å². The first-order valence-corrected chi connectivity index (χ1v) is 11.7. The molecule has 176 valence electrons. The molecule has 6 nitrogen and oxygen atoms in total. The molecule has 0 unspecified atom stereocenters. The van der Waals surface area contributed by atoms with Crippen molar-refractivity contribution in [2.45, 2.75) is 31.8 Å². The number of rotatable bonds is 7. The molecule has 1 saturated heterocycles. The quantitative estimate of drug-likeness (QED) is 0.371. The zero-order valence-electron chi connectivity index (χ0n) is 19.0. The van der Waals surface area contributed by atoms with Crippen molar-refractivity contribution in [1.29, 1.82) is 0 Å². The van der Waals surface area contributed by atoms with E-state index in [-0.39, 0.29) is 11.6 Å². The van der Waals surface area contributed by atoms with E-state index < -0.39 is 0 Å². The van der Waals surface area contributed by atoms with E-state index in [4.69, 9.17) is 4.98 Å². The molecule has 0 atom stereocenters. The number of benzene rings is 3. The summed E-state index contributed by atoms with van der Waals surface area (Å²) in [6.45, 7) is 3.58. The molecule has 3 aromatic carbocycles. The summed E-state index contributed by atoms with van der Waals surface area (Å²) < 4.78 is 15.5. The van der Waals surface area contributed by atoms with Crippen LogP contribution in [0, 0.1) is 5.82 Å². The average Bonchev–Trinajstić information content (AvgIpc) is 3.16. The number of hydrogen-bond acceptors (Lipinski definition) is 5. The number of fused-ring (bicyclic) bond motifs is 1. The lowest BCUT2D eigenvalue weighted by molar-refractivity contribution is 0.221. The number of aromatic hydroxyl groups is 2. The van der Waals surface area contributed by atoms with E-state index >= 15 is 0 Å². The first-order chi connectivity index (χ1) is 16.5. The van der Waals surface area contributed by atoms with Crippen molar-refractivity contribution in [3.8, 4) is 11.5 Å². The lowest BCUT2D eigenvalue weighted by Crippen LogP contribution is -2.40. The minimum absolute atomic E-state index is 0.187. The van der Waals surface area contributed by atoms with Crippen LogP contribution in [0.1, 0.15) is 24.0 Å². The highest BCUT2D eigenvalue weighted by molar-refractivity contribution is 5.80. The van der Waals surface area contributed by atoms with Gasteiger partial charge in [-0.3, -0.25) is 0 Å². The Kier molecular flexibility index (Phi) is 6.36. The normalized spacial score (nSPS) is 15.1. The van der Waals surface area contributed by atoms with E-state index in [0.29, 0.717) is 18.3 Å². The van der Waals surface area contributed by atoms with Gasteiger partial charge in [-0.1, -0.05) is 24.3 Å².